The smallest absolute Gasteiger partial charge is 0.238 e. The van der Waals surface area contributed by atoms with E-state index in [1.165, 1.54) is 0 Å². The lowest BCUT2D eigenvalue weighted by Gasteiger charge is -2.30. The fourth-order valence-corrected chi connectivity index (χ4v) is 2.48. The maximum Gasteiger partial charge on any atom is 0.238 e. The number of rotatable bonds is 4. The molecule has 1 aromatic rings. The zero-order chi connectivity index (χ0) is 14.0. The number of amides is 2. The van der Waals surface area contributed by atoms with Gasteiger partial charge in [0, 0.05) is 13.1 Å². The van der Waals surface area contributed by atoms with Crippen LogP contribution >= 0.6 is 0 Å². The third-order valence-corrected chi connectivity index (χ3v) is 3.90. The van der Waals surface area contributed by atoms with Crippen LogP contribution in [0.1, 0.15) is 18.6 Å². The Morgan fingerprint density at radius 3 is 2.65 bits per heavy atom. The first-order valence-corrected chi connectivity index (χ1v) is 6.90. The van der Waals surface area contributed by atoms with E-state index in [-0.39, 0.29) is 11.8 Å². The molecular formula is C14H18N2O4. The number of nitrogens with zero attached hydrogens (tertiary/aromatic N) is 1. The second kappa shape index (κ2) is 5.28. The molecule has 2 fully saturated rings. The summed E-state index contributed by atoms with van der Waals surface area (Å²) in [5.41, 5.74) is -0.843. The first-order valence-electron chi connectivity index (χ1n) is 6.90. The molecule has 0 radical (unpaired) electrons. The minimum Gasteiger partial charge on any atom is -0.467 e. The lowest BCUT2D eigenvalue weighted by Crippen LogP contribution is -2.49. The molecule has 1 aromatic heterocycles. The molecule has 1 N–H and O–H groups in total. The van der Waals surface area contributed by atoms with Crippen LogP contribution in [0.2, 0.25) is 0 Å². The summed E-state index contributed by atoms with van der Waals surface area (Å²) in [5, 5.41) is 2.80. The summed E-state index contributed by atoms with van der Waals surface area (Å²) in [6, 6.07) is 3.57. The van der Waals surface area contributed by atoms with Crippen LogP contribution < -0.4 is 5.32 Å². The minimum absolute atomic E-state index is 0.0576. The van der Waals surface area contributed by atoms with Crippen molar-refractivity contribution in [3.8, 4) is 0 Å². The number of carbonyl (C=O) groups excluding carboxylic acids is 2. The molecular weight excluding hydrogens is 260 g/mol. The van der Waals surface area contributed by atoms with Crippen LogP contribution in [0.4, 0.5) is 0 Å². The number of ether oxygens (including phenoxy) is 1. The zero-order valence-electron chi connectivity index (χ0n) is 11.3. The van der Waals surface area contributed by atoms with Gasteiger partial charge in [-0.3, -0.25) is 9.59 Å². The van der Waals surface area contributed by atoms with Gasteiger partial charge in [-0.15, -0.1) is 0 Å². The fourth-order valence-electron chi connectivity index (χ4n) is 2.48. The minimum atomic E-state index is -0.843. The highest BCUT2D eigenvalue weighted by atomic mass is 16.5. The van der Waals surface area contributed by atoms with Crippen LogP contribution in [-0.4, -0.2) is 43.0 Å². The topological polar surface area (TPSA) is 71.8 Å². The van der Waals surface area contributed by atoms with E-state index in [1.807, 2.05) is 0 Å². The van der Waals surface area contributed by atoms with E-state index in [0.29, 0.717) is 51.4 Å². The second-order valence-corrected chi connectivity index (χ2v) is 5.25. The Balaban J connectivity index is 1.59. The molecule has 108 valence electrons. The average molecular weight is 278 g/mol. The summed E-state index contributed by atoms with van der Waals surface area (Å²) < 4.78 is 10.4. The predicted octanol–water partition coefficient (Wildman–Crippen LogP) is 0.535. The van der Waals surface area contributed by atoms with Crippen molar-refractivity contribution in [1.82, 2.24) is 10.2 Å². The first-order chi connectivity index (χ1) is 9.72. The van der Waals surface area contributed by atoms with E-state index in [1.54, 1.807) is 23.3 Å². The lowest BCUT2D eigenvalue weighted by atomic mass is 10.0. The van der Waals surface area contributed by atoms with Gasteiger partial charge in [0.05, 0.1) is 26.0 Å². The summed E-state index contributed by atoms with van der Waals surface area (Å²) >= 11 is 0. The molecule has 0 atom stereocenters. The van der Waals surface area contributed by atoms with Gasteiger partial charge in [0.1, 0.15) is 11.2 Å². The highest BCUT2D eigenvalue weighted by Crippen LogP contribution is 2.47. The molecule has 2 aliphatic rings. The van der Waals surface area contributed by atoms with Gasteiger partial charge in [0.15, 0.2) is 0 Å². The SMILES string of the molecule is O=C(NCc1ccco1)C1(C(=O)N2CCOCC2)CC1. The standard InChI is InChI=1S/C14H18N2O4/c17-12(15-10-11-2-1-7-20-11)14(3-4-14)13(18)16-5-8-19-9-6-16/h1-2,7H,3-6,8-10H2,(H,15,17). The molecule has 0 aromatic carbocycles. The molecule has 1 saturated heterocycles. The number of hydrogen-bond acceptors (Lipinski definition) is 4. The normalized spacial score (nSPS) is 20.5. The third kappa shape index (κ3) is 2.43. The van der Waals surface area contributed by atoms with E-state index in [9.17, 15) is 9.59 Å². The van der Waals surface area contributed by atoms with Crippen molar-refractivity contribution < 1.29 is 18.7 Å². The lowest BCUT2D eigenvalue weighted by molar-refractivity contribution is -0.147. The molecule has 0 bridgehead atoms. The van der Waals surface area contributed by atoms with Gasteiger partial charge in [-0.2, -0.15) is 0 Å². The number of morpholine rings is 1. The summed E-state index contributed by atoms with van der Waals surface area (Å²) in [6.45, 7) is 2.58. The summed E-state index contributed by atoms with van der Waals surface area (Å²) in [6.07, 6.45) is 2.83. The number of hydrogen-bond donors (Lipinski definition) is 1. The van der Waals surface area contributed by atoms with Crippen LogP contribution in [-0.2, 0) is 20.9 Å². The molecule has 1 aliphatic heterocycles. The maximum atomic E-state index is 12.5. The molecule has 0 unspecified atom stereocenters. The molecule has 0 spiro atoms. The zero-order valence-corrected chi connectivity index (χ0v) is 11.3. The van der Waals surface area contributed by atoms with E-state index in [2.05, 4.69) is 5.32 Å². The summed E-state index contributed by atoms with van der Waals surface area (Å²) in [5.74, 6) is 0.441. The molecule has 3 rings (SSSR count). The Bertz CT molecular complexity index is 487. The van der Waals surface area contributed by atoms with Crippen LogP contribution in [0.3, 0.4) is 0 Å². The number of furan rings is 1. The molecule has 1 aliphatic carbocycles. The highest BCUT2D eigenvalue weighted by molar-refractivity contribution is 6.07. The molecule has 2 heterocycles. The van der Waals surface area contributed by atoms with Crippen molar-refractivity contribution in [2.45, 2.75) is 19.4 Å². The van der Waals surface area contributed by atoms with E-state index in [0.717, 1.165) is 0 Å². The number of nitrogens with one attached hydrogen (secondary N) is 1. The first kappa shape index (κ1) is 13.2. The van der Waals surface area contributed by atoms with Crippen LogP contribution in [0.25, 0.3) is 0 Å². The molecule has 1 saturated carbocycles. The Morgan fingerprint density at radius 1 is 1.30 bits per heavy atom. The van der Waals surface area contributed by atoms with Crippen molar-refractivity contribution in [1.29, 1.82) is 0 Å². The molecule has 6 nitrogen and oxygen atoms in total. The average Bonchev–Trinajstić information content (AvgIpc) is 3.14. The summed E-state index contributed by atoms with van der Waals surface area (Å²) in [7, 11) is 0. The monoisotopic (exact) mass is 278 g/mol. The van der Waals surface area contributed by atoms with Crippen molar-refractivity contribution in [2.75, 3.05) is 26.3 Å². The maximum absolute atomic E-state index is 12.5. The van der Waals surface area contributed by atoms with Gasteiger partial charge in [0.25, 0.3) is 0 Å². The Morgan fingerprint density at radius 2 is 2.05 bits per heavy atom. The second-order valence-electron chi connectivity index (χ2n) is 5.25. The Labute approximate surface area is 117 Å². The molecule has 2 amide bonds. The van der Waals surface area contributed by atoms with Gasteiger partial charge in [-0.1, -0.05) is 0 Å². The van der Waals surface area contributed by atoms with Gasteiger partial charge in [-0.05, 0) is 25.0 Å². The van der Waals surface area contributed by atoms with Gasteiger partial charge in [-0.25, -0.2) is 0 Å². The van der Waals surface area contributed by atoms with Gasteiger partial charge in [0.2, 0.25) is 11.8 Å². The Kier molecular flexibility index (Phi) is 3.48. The van der Waals surface area contributed by atoms with Crippen molar-refractivity contribution in [2.24, 2.45) is 5.41 Å². The van der Waals surface area contributed by atoms with Gasteiger partial charge >= 0.3 is 0 Å². The Hall–Kier alpha value is -1.82. The van der Waals surface area contributed by atoms with E-state index in [4.69, 9.17) is 9.15 Å². The highest BCUT2D eigenvalue weighted by Gasteiger charge is 2.57. The van der Waals surface area contributed by atoms with Gasteiger partial charge < -0.3 is 19.4 Å². The van der Waals surface area contributed by atoms with E-state index < -0.39 is 5.41 Å². The number of carbonyl (C=O) groups is 2. The van der Waals surface area contributed by atoms with Crippen molar-refractivity contribution in [3.05, 3.63) is 24.2 Å². The van der Waals surface area contributed by atoms with Crippen molar-refractivity contribution in [3.63, 3.8) is 0 Å². The van der Waals surface area contributed by atoms with Crippen LogP contribution in [0.15, 0.2) is 22.8 Å². The predicted molar refractivity (Wildman–Crippen MR) is 69.6 cm³/mol. The molecule has 20 heavy (non-hydrogen) atoms. The van der Waals surface area contributed by atoms with Crippen LogP contribution in [0, 0.1) is 5.41 Å². The van der Waals surface area contributed by atoms with Crippen molar-refractivity contribution >= 4 is 11.8 Å². The molecule has 6 heteroatoms. The quantitative estimate of drug-likeness (QED) is 0.816. The fraction of sp³-hybridized carbons (Fsp3) is 0.571. The summed E-state index contributed by atoms with van der Waals surface area (Å²) in [4.78, 5) is 26.5. The van der Waals surface area contributed by atoms with E-state index >= 15 is 0 Å². The van der Waals surface area contributed by atoms with Crippen LogP contribution in [0.5, 0.6) is 0 Å². The largest absolute Gasteiger partial charge is 0.467 e. The third-order valence-electron chi connectivity index (χ3n) is 3.90.